The van der Waals surface area contributed by atoms with Crippen LogP contribution in [-0.2, 0) is 0 Å². The number of hydrogen-bond donors (Lipinski definition) is 1. The largest absolute Gasteiger partial charge is 0.407 e. The predicted octanol–water partition coefficient (Wildman–Crippen LogP) is 3.12. The molecule has 0 radical (unpaired) electrons. The van der Waals surface area contributed by atoms with Gasteiger partial charge in [0.2, 0.25) is 0 Å². The number of nitrogens with two attached hydrogens (primary N) is 1. The molecular weight excluding hydrogens is 234 g/mol. The average Bonchev–Trinajstić information content (AvgIpc) is 2.06. The Morgan fingerprint density at radius 2 is 1.80 bits per heavy atom. The van der Waals surface area contributed by atoms with Crippen LogP contribution < -0.4 is 5.73 Å². The summed E-state index contributed by atoms with van der Waals surface area (Å²) in [4.78, 5) is 0. The summed E-state index contributed by atoms with van der Waals surface area (Å²) in [7, 11) is 0. The molecule has 0 saturated heterocycles. The Kier molecular flexibility index (Phi) is 4.55. The lowest BCUT2D eigenvalue weighted by molar-refractivity contribution is -0.149. The molecule has 2 N–H and O–H groups in total. The van der Waals surface area contributed by atoms with E-state index in [0.717, 1.165) is 12.1 Å². The Bertz CT molecular complexity index is 337. The summed E-state index contributed by atoms with van der Waals surface area (Å²) in [6, 6.07) is 1.22. The van der Waals surface area contributed by atoms with Crippen molar-refractivity contribution in [3.63, 3.8) is 0 Å². The zero-order valence-electron chi connectivity index (χ0n) is 7.81. The van der Waals surface area contributed by atoms with Crippen molar-refractivity contribution in [1.82, 2.24) is 0 Å². The molecule has 1 aromatic rings. The normalized spacial score (nSPS) is 13.2. The van der Waals surface area contributed by atoms with Gasteiger partial charge < -0.3 is 5.73 Å². The summed E-state index contributed by atoms with van der Waals surface area (Å²) in [6.07, 6.45) is -4.62. The number of halogens is 5. The lowest BCUT2D eigenvalue weighted by Gasteiger charge is -2.16. The van der Waals surface area contributed by atoms with E-state index in [9.17, 15) is 17.6 Å². The number of benzene rings is 1. The van der Waals surface area contributed by atoms with Crippen molar-refractivity contribution in [3.05, 3.63) is 35.1 Å². The molecule has 0 aliphatic rings. The summed E-state index contributed by atoms with van der Waals surface area (Å²) in [5.41, 5.74) is 4.90. The molecule has 0 spiro atoms. The third kappa shape index (κ3) is 3.35. The summed E-state index contributed by atoms with van der Waals surface area (Å²) in [5.74, 6) is -0.930. The number of rotatable bonds is 1. The van der Waals surface area contributed by atoms with Gasteiger partial charge in [-0.3, -0.25) is 0 Å². The van der Waals surface area contributed by atoms with E-state index in [0.29, 0.717) is 5.56 Å². The molecule has 0 aliphatic heterocycles. The van der Waals surface area contributed by atoms with Crippen molar-refractivity contribution >= 4 is 12.4 Å². The van der Waals surface area contributed by atoms with E-state index < -0.39 is 23.6 Å². The smallest absolute Gasteiger partial charge is 0.316 e. The molecular formula is C9H10ClF4N. The molecule has 1 nitrogen and oxygen atoms in total. The van der Waals surface area contributed by atoms with Crippen LogP contribution in [-0.4, -0.2) is 6.18 Å². The lowest BCUT2D eigenvalue weighted by atomic mass is 10.0. The van der Waals surface area contributed by atoms with Crippen LogP contribution in [0.1, 0.15) is 17.2 Å². The second kappa shape index (κ2) is 4.81. The molecule has 6 heteroatoms. The highest BCUT2D eigenvalue weighted by atomic mass is 35.5. The molecule has 1 atom stereocenters. The minimum absolute atomic E-state index is 0. The molecule has 0 unspecified atom stereocenters. The predicted molar refractivity (Wildman–Crippen MR) is 51.4 cm³/mol. The topological polar surface area (TPSA) is 26.0 Å². The zero-order valence-corrected chi connectivity index (χ0v) is 8.62. The van der Waals surface area contributed by atoms with Crippen LogP contribution in [0.15, 0.2) is 18.2 Å². The fourth-order valence-corrected chi connectivity index (χ4v) is 1.08. The van der Waals surface area contributed by atoms with E-state index in [2.05, 4.69) is 0 Å². The summed E-state index contributed by atoms with van der Waals surface area (Å²) >= 11 is 0. The van der Waals surface area contributed by atoms with Gasteiger partial charge in [-0.25, -0.2) is 4.39 Å². The second-order valence-electron chi connectivity index (χ2n) is 3.04. The van der Waals surface area contributed by atoms with Gasteiger partial charge in [0.25, 0.3) is 0 Å². The highest BCUT2D eigenvalue weighted by Crippen LogP contribution is 2.31. The lowest BCUT2D eigenvalue weighted by Crippen LogP contribution is -2.29. The molecule has 0 heterocycles. The summed E-state index contributed by atoms with van der Waals surface area (Å²) < 4.78 is 49.4. The Morgan fingerprint density at radius 1 is 1.27 bits per heavy atom. The monoisotopic (exact) mass is 243 g/mol. The van der Waals surface area contributed by atoms with Gasteiger partial charge in [0.15, 0.2) is 0 Å². The van der Waals surface area contributed by atoms with Gasteiger partial charge in [0, 0.05) is 5.56 Å². The van der Waals surface area contributed by atoms with Gasteiger partial charge in [-0.2, -0.15) is 13.2 Å². The van der Waals surface area contributed by atoms with Crippen LogP contribution in [0.25, 0.3) is 0 Å². The Labute approximate surface area is 90.7 Å². The Hall–Kier alpha value is -0.810. The van der Waals surface area contributed by atoms with E-state index >= 15 is 0 Å². The highest BCUT2D eigenvalue weighted by Gasteiger charge is 2.39. The van der Waals surface area contributed by atoms with Crippen molar-refractivity contribution in [3.8, 4) is 0 Å². The average molecular weight is 244 g/mol. The Morgan fingerprint density at radius 3 is 2.27 bits per heavy atom. The van der Waals surface area contributed by atoms with E-state index in [4.69, 9.17) is 5.73 Å². The van der Waals surface area contributed by atoms with Crippen LogP contribution in [0, 0.1) is 12.7 Å². The second-order valence-corrected chi connectivity index (χ2v) is 3.04. The van der Waals surface area contributed by atoms with Crippen LogP contribution in [0.2, 0.25) is 0 Å². The standard InChI is InChI=1S/C9H9F4N.ClH/c1-5-2-3-7(10)6(4-5)8(14)9(11,12)13;/h2-4,8H,14H2,1H3;1H/t8-;/m1./s1. The third-order valence-corrected chi connectivity index (χ3v) is 1.84. The quantitative estimate of drug-likeness (QED) is 0.754. The summed E-state index contributed by atoms with van der Waals surface area (Å²) in [5, 5.41) is 0. The molecule has 15 heavy (non-hydrogen) atoms. The van der Waals surface area contributed by atoms with Gasteiger partial charge >= 0.3 is 6.18 Å². The molecule has 1 rings (SSSR count). The fraction of sp³-hybridized carbons (Fsp3) is 0.333. The molecule has 0 bridgehead atoms. The van der Waals surface area contributed by atoms with Gasteiger partial charge in [-0.05, 0) is 13.0 Å². The Balaban J connectivity index is 0.00000196. The maximum Gasteiger partial charge on any atom is 0.407 e. The van der Waals surface area contributed by atoms with E-state index in [1.165, 1.54) is 6.07 Å². The number of aryl methyl sites for hydroxylation is 1. The van der Waals surface area contributed by atoms with Gasteiger partial charge in [-0.15, -0.1) is 12.4 Å². The SMILES string of the molecule is Cc1ccc(F)c([C@@H](N)C(F)(F)F)c1.Cl. The minimum atomic E-state index is -4.62. The molecule has 0 fully saturated rings. The van der Waals surface area contributed by atoms with E-state index in [-0.39, 0.29) is 12.4 Å². The molecule has 86 valence electrons. The van der Waals surface area contributed by atoms with Crippen LogP contribution in [0.3, 0.4) is 0 Å². The molecule has 0 aliphatic carbocycles. The molecule has 0 aromatic heterocycles. The van der Waals surface area contributed by atoms with Crippen LogP contribution in [0.4, 0.5) is 17.6 Å². The highest BCUT2D eigenvalue weighted by molar-refractivity contribution is 5.85. The van der Waals surface area contributed by atoms with Crippen LogP contribution in [0.5, 0.6) is 0 Å². The first-order valence-corrected chi connectivity index (χ1v) is 3.90. The maximum absolute atomic E-state index is 13.0. The van der Waals surface area contributed by atoms with Crippen molar-refractivity contribution in [2.45, 2.75) is 19.1 Å². The zero-order chi connectivity index (χ0) is 10.9. The number of hydrogen-bond acceptors (Lipinski definition) is 1. The fourth-order valence-electron chi connectivity index (χ4n) is 1.08. The van der Waals surface area contributed by atoms with Gasteiger partial charge in [0.1, 0.15) is 11.9 Å². The molecule has 1 aromatic carbocycles. The van der Waals surface area contributed by atoms with Crippen molar-refractivity contribution < 1.29 is 17.6 Å². The van der Waals surface area contributed by atoms with E-state index in [1.54, 1.807) is 6.92 Å². The number of alkyl halides is 3. The molecule has 0 amide bonds. The van der Waals surface area contributed by atoms with Crippen LogP contribution >= 0.6 is 12.4 Å². The molecule has 0 saturated carbocycles. The van der Waals surface area contributed by atoms with Crippen molar-refractivity contribution in [1.29, 1.82) is 0 Å². The van der Waals surface area contributed by atoms with Crippen molar-refractivity contribution in [2.75, 3.05) is 0 Å². The minimum Gasteiger partial charge on any atom is -0.316 e. The first kappa shape index (κ1) is 14.2. The first-order valence-electron chi connectivity index (χ1n) is 3.90. The van der Waals surface area contributed by atoms with Gasteiger partial charge in [0.05, 0.1) is 0 Å². The van der Waals surface area contributed by atoms with E-state index in [1.807, 2.05) is 0 Å². The van der Waals surface area contributed by atoms with Gasteiger partial charge in [-0.1, -0.05) is 17.7 Å². The summed E-state index contributed by atoms with van der Waals surface area (Å²) in [6.45, 7) is 1.58. The third-order valence-electron chi connectivity index (χ3n) is 1.84. The maximum atomic E-state index is 13.0. The van der Waals surface area contributed by atoms with Crippen molar-refractivity contribution in [2.24, 2.45) is 5.73 Å². The first-order chi connectivity index (χ1) is 6.32.